The van der Waals surface area contributed by atoms with Gasteiger partial charge in [-0.1, -0.05) is 103 Å². The predicted octanol–water partition coefficient (Wildman–Crippen LogP) is 11.2. The summed E-state index contributed by atoms with van der Waals surface area (Å²) in [5.41, 5.74) is 0. The average Bonchev–Trinajstić information content (AvgIpc) is 3.04. The Morgan fingerprint density at radius 3 is 1.27 bits per heavy atom. The molecule has 0 aliphatic heterocycles. The fraction of sp³-hybridized carbons (Fsp3) is 0.857. The molecule has 0 aromatic heterocycles. The van der Waals surface area contributed by atoms with Crippen LogP contribution in [-0.4, -0.2) is 74.2 Å². The summed E-state index contributed by atoms with van der Waals surface area (Å²) < 4.78 is 11.1. The number of esters is 2. The molecule has 0 bridgehead atoms. The highest BCUT2D eigenvalue weighted by Crippen LogP contribution is 2.12. The normalized spacial score (nSPS) is 13.2. The van der Waals surface area contributed by atoms with Crippen molar-refractivity contribution in [1.82, 2.24) is 9.80 Å². The Morgan fingerprint density at radius 1 is 0.500 bits per heavy atom. The van der Waals surface area contributed by atoms with Gasteiger partial charge in [-0.3, -0.25) is 9.59 Å². The molecule has 2 atom stereocenters. The van der Waals surface area contributed by atoms with Gasteiger partial charge in [-0.2, -0.15) is 0 Å². The second-order valence-electron chi connectivity index (χ2n) is 14.3. The van der Waals surface area contributed by atoms with Gasteiger partial charge in [-0.15, -0.1) is 0 Å². The van der Waals surface area contributed by atoms with Crippen LogP contribution in [0.2, 0.25) is 0 Å². The maximum atomic E-state index is 12.2. The molecule has 0 spiro atoms. The monoisotopic (exact) mass is 677 g/mol. The second-order valence-corrected chi connectivity index (χ2v) is 14.3. The zero-order valence-corrected chi connectivity index (χ0v) is 32.8. The Kier molecular flexibility index (Phi) is 34.0. The molecule has 0 fully saturated rings. The van der Waals surface area contributed by atoms with Crippen LogP contribution in [0.4, 0.5) is 0 Å². The zero-order valence-electron chi connectivity index (χ0n) is 32.8. The van der Waals surface area contributed by atoms with Crippen molar-refractivity contribution in [3.05, 3.63) is 24.3 Å². The van der Waals surface area contributed by atoms with Crippen molar-refractivity contribution < 1.29 is 19.1 Å². The lowest BCUT2D eigenvalue weighted by Crippen LogP contribution is -2.28. The van der Waals surface area contributed by atoms with E-state index in [1.54, 1.807) is 0 Å². The molecular formula is C42H80N2O4. The molecule has 6 nitrogen and oxygen atoms in total. The van der Waals surface area contributed by atoms with E-state index >= 15 is 0 Å². The van der Waals surface area contributed by atoms with Gasteiger partial charge in [0.2, 0.25) is 0 Å². The Labute approximate surface area is 298 Å². The van der Waals surface area contributed by atoms with E-state index in [1.165, 1.54) is 122 Å². The number of hydrogen-bond acceptors (Lipinski definition) is 6. The molecule has 48 heavy (non-hydrogen) atoms. The van der Waals surface area contributed by atoms with Gasteiger partial charge < -0.3 is 19.3 Å². The van der Waals surface area contributed by atoms with Crippen LogP contribution in [0.1, 0.15) is 182 Å². The van der Waals surface area contributed by atoms with Crippen LogP contribution in [0.3, 0.4) is 0 Å². The van der Waals surface area contributed by atoms with Crippen LogP contribution < -0.4 is 0 Å². The Balaban J connectivity index is 4.07. The van der Waals surface area contributed by atoms with E-state index in [0.717, 1.165) is 45.1 Å². The third kappa shape index (κ3) is 34.2. The maximum absolute atomic E-state index is 12.2. The van der Waals surface area contributed by atoms with Crippen LogP contribution in [0.15, 0.2) is 24.3 Å². The molecular weight excluding hydrogens is 596 g/mol. The first-order valence-electron chi connectivity index (χ1n) is 20.4. The molecule has 0 aromatic carbocycles. The van der Waals surface area contributed by atoms with Crippen molar-refractivity contribution >= 4 is 11.9 Å². The lowest BCUT2D eigenvalue weighted by atomic mass is 10.1. The van der Waals surface area contributed by atoms with Gasteiger partial charge in [0.1, 0.15) is 12.2 Å². The average molecular weight is 677 g/mol. The number of carbonyl (C=O) groups is 2. The molecule has 0 heterocycles. The Morgan fingerprint density at radius 2 is 0.854 bits per heavy atom. The summed E-state index contributed by atoms with van der Waals surface area (Å²) in [6, 6.07) is 0. The molecule has 0 aliphatic carbocycles. The summed E-state index contributed by atoms with van der Waals surface area (Å²) in [6.07, 6.45) is 35.3. The van der Waals surface area contributed by atoms with Crippen molar-refractivity contribution in [2.45, 2.75) is 194 Å². The molecule has 282 valence electrons. The van der Waals surface area contributed by atoms with Gasteiger partial charge in [-0.25, -0.2) is 0 Å². The second kappa shape index (κ2) is 35.2. The quantitative estimate of drug-likeness (QED) is 0.0378. The largest absolute Gasteiger partial charge is 0.458 e. The third-order valence-electron chi connectivity index (χ3n) is 8.94. The molecule has 0 amide bonds. The number of rotatable bonds is 35. The lowest BCUT2D eigenvalue weighted by molar-refractivity contribution is -0.147. The summed E-state index contributed by atoms with van der Waals surface area (Å²) in [6.45, 7) is 13.1. The fourth-order valence-corrected chi connectivity index (χ4v) is 5.93. The Bertz CT molecular complexity index is 726. The van der Waals surface area contributed by atoms with Gasteiger partial charge in [0.15, 0.2) is 0 Å². The lowest BCUT2D eigenvalue weighted by Gasteiger charge is -2.23. The number of ether oxygens (including phenoxy) is 2. The van der Waals surface area contributed by atoms with E-state index in [9.17, 15) is 9.59 Å². The van der Waals surface area contributed by atoms with E-state index in [1.807, 2.05) is 26.0 Å². The van der Waals surface area contributed by atoms with Gasteiger partial charge in [0.05, 0.1) is 0 Å². The maximum Gasteiger partial charge on any atom is 0.306 e. The topological polar surface area (TPSA) is 59.1 Å². The minimum absolute atomic E-state index is 0.0622. The molecule has 0 saturated carbocycles. The number of allylic oxidation sites excluding steroid dienone is 2. The van der Waals surface area contributed by atoms with Crippen molar-refractivity contribution in [1.29, 1.82) is 0 Å². The van der Waals surface area contributed by atoms with Crippen molar-refractivity contribution in [3.63, 3.8) is 0 Å². The number of unbranched alkanes of at least 4 members (excludes halogenated alkanes) is 17. The van der Waals surface area contributed by atoms with Gasteiger partial charge in [-0.05, 0) is 130 Å². The van der Waals surface area contributed by atoms with E-state index in [4.69, 9.17) is 9.47 Å². The van der Waals surface area contributed by atoms with Gasteiger partial charge >= 0.3 is 11.9 Å². The number of nitrogens with zero attached hydrogens (tertiary/aromatic N) is 2. The van der Waals surface area contributed by atoms with Crippen LogP contribution >= 0.6 is 0 Å². The predicted molar refractivity (Wildman–Crippen MR) is 207 cm³/mol. The SMILES string of the molecule is CCCCCC/C=C\C(C)OC(=O)CCCCCCCN(CCCCCCCC(=O)OC(C)/C=C\CCCCCC)CCCCN(C)C. The highest BCUT2D eigenvalue weighted by atomic mass is 16.5. The van der Waals surface area contributed by atoms with Crippen LogP contribution in [0.25, 0.3) is 0 Å². The zero-order chi connectivity index (χ0) is 35.5. The minimum atomic E-state index is -0.123. The van der Waals surface area contributed by atoms with Gasteiger partial charge in [0.25, 0.3) is 0 Å². The van der Waals surface area contributed by atoms with E-state index in [2.05, 4.69) is 49.9 Å². The fourth-order valence-electron chi connectivity index (χ4n) is 5.93. The number of carbonyl (C=O) groups excluding carboxylic acids is 2. The van der Waals surface area contributed by atoms with Crippen molar-refractivity contribution in [2.75, 3.05) is 40.3 Å². The summed E-state index contributed by atoms with van der Waals surface area (Å²) in [7, 11) is 4.30. The molecule has 0 N–H and O–H groups in total. The minimum Gasteiger partial charge on any atom is -0.458 e. The first-order chi connectivity index (χ1) is 23.3. The first kappa shape index (κ1) is 46.3. The highest BCUT2D eigenvalue weighted by molar-refractivity contribution is 5.70. The molecule has 0 saturated heterocycles. The highest BCUT2D eigenvalue weighted by Gasteiger charge is 2.09. The van der Waals surface area contributed by atoms with E-state index in [0.29, 0.717) is 12.8 Å². The summed E-state index contributed by atoms with van der Waals surface area (Å²) >= 11 is 0. The first-order valence-corrected chi connectivity index (χ1v) is 20.4. The van der Waals surface area contributed by atoms with E-state index in [-0.39, 0.29) is 24.1 Å². The molecule has 6 heteroatoms. The van der Waals surface area contributed by atoms with Crippen LogP contribution in [0.5, 0.6) is 0 Å². The van der Waals surface area contributed by atoms with Crippen molar-refractivity contribution in [2.24, 2.45) is 0 Å². The molecule has 0 rings (SSSR count). The van der Waals surface area contributed by atoms with Crippen LogP contribution in [0, 0.1) is 0 Å². The molecule has 0 aromatic rings. The summed E-state index contributed by atoms with van der Waals surface area (Å²) in [5.74, 6) is -0.124. The Hall–Kier alpha value is -1.66. The smallest absolute Gasteiger partial charge is 0.306 e. The summed E-state index contributed by atoms with van der Waals surface area (Å²) in [4.78, 5) is 29.3. The van der Waals surface area contributed by atoms with Crippen LogP contribution in [-0.2, 0) is 19.1 Å². The summed E-state index contributed by atoms with van der Waals surface area (Å²) in [5, 5.41) is 0. The molecule has 2 unspecified atom stereocenters. The van der Waals surface area contributed by atoms with Crippen molar-refractivity contribution in [3.8, 4) is 0 Å². The molecule has 0 radical (unpaired) electrons. The van der Waals surface area contributed by atoms with E-state index < -0.39 is 0 Å². The number of hydrogen-bond donors (Lipinski definition) is 0. The molecule has 0 aliphatic rings. The third-order valence-corrected chi connectivity index (χ3v) is 8.94. The van der Waals surface area contributed by atoms with Gasteiger partial charge in [0, 0.05) is 12.8 Å². The standard InChI is InChI=1S/C42H80N2O4/c1-7-9-11-13-17-23-31-39(3)47-41(45)33-25-19-15-21-27-36-44(38-30-29-35-43(5)6)37-28-22-16-20-26-34-42(46)48-40(4)32-24-18-14-12-10-8-2/h23-24,31-32,39-40H,7-22,25-30,33-38H2,1-6H3/b31-23-,32-24-.